The Hall–Kier alpha value is -2.98. The van der Waals surface area contributed by atoms with Crippen molar-refractivity contribution in [2.75, 3.05) is 44.2 Å². The fourth-order valence-electron chi connectivity index (χ4n) is 3.28. The highest BCUT2D eigenvalue weighted by molar-refractivity contribution is 7.22. The maximum atomic E-state index is 12.0. The molecule has 3 heterocycles. The number of hydrogen-bond donors (Lipinski definition) is 1. The van der Waals surface area contributed by atoms with Crippen LogP contribution in [0.5, 0.6) is 0 Å². The van der Waals surface area contributed by atoms with E-state index in [-0.39, 0.29) is 5.76 Å². The van der Waals surface area contributed by atoms with Gasteiger partial charge in [0.25, 0.3) is 5.91 Å². The average Bonchev–Trinajstić information content (AvgIpc) is 3.35. The summed E-state index contributed by atoms with van der Waals surface area (Å²) >= 11 is 1.72. The summed E-state index contributed by atoms with van der Waals surface area (Å²) in [7, 11) is 0. The van der Waals surface area contributed by atoms with Gasteiger partial charge < -0.3 is 14.6 Å². The predicted molar refractivity (Wildman–Crippen MR) is 111 cm³/mol. The van der Waals surface area contributed by atoms with Gasteiger partial charge in [-0.1, -0.05) is 17.4 Å². The summed E-state index contributed by atoms with van der Waals surface area (Å²) in [4.78, 5) is 31.3. The molecule has 3 aromatic rings. The Morgan fingerprint density at radius 2 is 2.07 bits per heavy atom. The summed E-state index contributed by atoms with van der Waals surface area (Å²) in [5.74, 6) is -0.926. The molecule has 4 rings (SSSR count). The molecular weight excluding hydrogens is 394 g/mol. The SMILES string of the molecule is Cc1ccc2nc(N3CCN(CCNC(=O)c4ccc([N+](=O)[O-])o4)CC3)sc2c1. The van der Waals surface area contributed by atoms with E-state index in [0.717, 1.165) is 36.8 Å². The molecule has 152 valence electrons. The molecule has 0 saturated carbocycles. The molecule has 1 fully saturated rings. The summed E-state index contributed by atoms with van der Waals surface area (Å²) in [6.07, 6.45) is 0. The Bertz CT molecular complexity index is 1040. The molecule has 2 aromatic heterocycles. The minimum Gasteiger partial charge on any atom is -0.395 e. The van der Waals surface area contributed by atoms with Crippen LogP contribution in [0.1, 0.15) is 16.1 Å². The smallest absolute Gasteiger partial charge is 0.395 e. The molecule has 0 bridgehead atoms. The van der Waals surface area contributed by atoms with Crippen molar-refractivity contribution in [1.29, 1.82) is 0 Å². The Balaban J connectivity index is 1.24. The molecule has 0 unspecified atom stereocenters. The molecular formula is C19H21N5O4S. The van der Waals surface area contributed by atoms with Crippen molar-refractivity contribution in [3.63, 3.8) is 0 Å². The van der Waals surface area contributed by atoms with Crippen LogP contribution in [-0.4, -0.2) is 60.0 Å². The number of nitrogens with one attached hydrogen (secondary N) is 1. The van der Waals surface area contributed by atoms with Crippen LogP contribution in [-0.2, 0) is 0 Å². The minimum atomic E-state index is -0.664. The van der Waals surface area contributed by atoms with Crippen LogP contribution in [0.3, 0.4) is 0 Å². The van der Waals surface area contributed by atoms with E-state index < -0.39 is 16.7 Å². The summed E-state index contributed by atoms with van der Waals surface area (Å²) in [6, 6.07) is 8.81. The maximum Gasteiger partial charge on any atom is 0.433 e. The monoisotopic (exact) mass is 415 g/mol. The highest BCUT2D eigenvalue weighted by atomic mass is 32.1. The molecule has 1 saturated heterocycles. The zero-order valence-corrected chi connectivity index (χ0v) is 16.8. The second kappa shape index (κ2) is 8.18. The van der Waals surface area contributed by atoms with Gasteiger partial charge in [-0.05, 0) is 30.7 Å². The number of fused-ring (bicyclic) bond motifs is 1. The lowest BCUT2D eigenvalue weighted by Gasteiger charge is -2.34. The first kappa shape index (κ1) is 19.3. The van der Waals surface area contributed by atoms with Gasteiger partial charge >= 0.3 is 5.88 Å². The maximum absolute atomic E-state index is 12.0. The van der Waals surface area contributed by atoms with Gasteiger partial charge in [-0.25, -0.2) is 4.98 Å². The largest absolute Gasteiger partial charge is 0.433 e. The van der Waals surface area contributed by atoms with Gasteiger partial charge in [-0.2, -0.15) is 0 Å². The van der Waals surface area contributed by atoms with E-state index in [1.165, 1.54) is 22.4 Å². The summed E-state index contributed by atoms with van der Waals surface area (Å²) in [6.45, 7) is 6.79. The number of furan rings is 1. The molecule has 0 aliphatic carbocycles. The van der Waals surface area contributed by atoms with Crippen LogP contribution >= 0.6 is 11.3 Å². The Labute approximate surface area is 171 Å². The lowest BCUT2D eigenvalue weighted by atomic mass is 10.2. The quantitative estimate of drug-likeness (QED) is 0.487. The molecule has 9 nitrogen and oxygen atoms in total. The first-order chi connectivity index (χ1) is 14.0. The fraction of sp³-hybridized carbons (Fsp3) is 0.368. The van der Waals surface area contributed by atoms with Crippen LogP contribution < -0.4 is 10.2 Å². The van der Waals surface area contributed by atoms with Crippen molar-refractivity contribution in [3.8, 4) is 0 Å². The number of rotatable bonds is 6. The van der Waals surface area contributed by atoms with Gasteiger partial charge in [0.1, 0.15) is 4.92 Å². The fourth-order valence-corrected chi connectivity index (χ4v) is 4.40. The third kappa shape index (κ3) is 4.38. The molecule has 1 aromatic carbocycles. The minimum absolute atomic E-state index is 0.0485. The van der Waals surface area contributed by atoms with Crippen LogP contribution in [0.15, 0.2) is 34.7 Å². The highest BCUT2D eigenvalue weighted by Crippen LogP contribution is 2.30. The number of nitrogens with zero attached hydrogens (tertiary/aromatic N) is 4. The third-order valence-corrected chi connectivity index (χ3v) is 5.96. The van der Waals surface area contributed by atoms with E-state index in [1.807, 2.05) is 0 Å². The van der Waals surface area contributed by atoms with Gasteiger partial charge in [0.05, 0.1) is 16.3 Å². The number of benzene rings is 1. The highest BCUT2D eigenvalue weighted by Gasteiger charge is 2.21. The molecule has 0 spiro atoms. The molecule has 1 aliphatic rings. The summed E-state index contributed by atoms with van der Waals surface area (Å²) in [5.41, 5.74) is 2.28. The van der Waals surface area contributed by atoms with Crippen molar-refractivity contribution < 1.29 is 14.1 Å². The van der Waals surface area contributed by atoms with E-state index in [9.17, 15) is 14.9 Å². The predicted octanol–water partition coefficient (Wildman–Crippen LogP) is 2.66. The Morgan fingerprint density at radius 1 is 1.28 bits per heavy atom. The van der Waals surface area contributed by atoms with Gasteiger partial charge in [-0.3, -0.25) is 19.8 Å². The van der Waals surface area contributed by atoms with Crippen LogP contribution in [0.4, 0.5) is 11.0 Å². The number of amides is 1. The lowest BCUT2D eigenvalue weighted by molar-refractivity contribution is -0.402. The molecule has 0 radical (unpaired) electrons. The van der Waals surface area contributed by atoms with E-state index in [4.69, 9.17) is 9.40 Å². The van der Waals surface area contributed by atoms with E-state index >= 15 is 0 Å². The number of aryl methyl sites for hydroxylation is 1. The summed E-state index contributed by atoms with van der Waals surface area (Å²) < 4.78 is 6.12. The van der Waals surface area contributed by atoms with E-state index in [1.54, 1.807) is 11.3 Å². The van der Waals surface area contributed by atoms with Gasteiger partial charge in [-0.15, -0.1) is 0 Å². The van der Waals surface area contributed by atoms with Crippen LogP contribution in [0.25, 0.3) is 10.2 Å². The first-order valence-electron chi connectivity index (χ1n) is 9.36. The average molecular weight is 415 g/mol. The zero-order chi connectivity index (χ0) is 20.4. The van der Waals surface area contributed by atoms with Crippen molar-refractivity contribution in [1.82, 2.24) is 15.2 Å². The zero-order valence-electron chi connectivity index (χ0n) is 16.0. The molecule has 10 heteroatoms. The number of hydrogen-bond acceptors (Lipinski definition) is 8. The van der Waals surface area contributed by atoms with Crippen molar-refractivity contribution in [2.24, 2.45) is 0 Å². The topological polar surface area (TPSA) is 105 Å². The van der Waals surface area contributed by atoms with Gasteiger partial charge in [0, 0.05) is 39.3 Å². The van der Waals surface area contributed by atoms with E-state index in [0.29, 0.717) is 13.1 Å². The number of nitro groups is 1. The number of anilines is 1. The van der Waals surface area contributed by atoms with E-state index in [2.05, 4.69) is 40.2 Å². The number of carbonyl (C=O) groups is 1. The third-order valence-electron chi connectivity index (χ3n) is 4.88. The number of thiazole rings is 1. The number of piperazine rings is 1. The van der Waals surface area contributed by atoms with Crippen molar-refractivity contribution in [3.05, 3.63) is 51.8 Å². The van der Waals surface area contributed by atoms with Crippen LogP contribution in [0, 0.1) is 17.0 Å². The molecule has 1 amide bonds. The number of carbonyl (C=O) groups excluding carboxylic acids is 1. The first-order valence-corrected chi connectivity index (χ1v) is 10.2. The Morgan fingerprint density at radius 3 is 2.79 bits per heavy atom. The number of aromatic nitrogens is 1. The van der Waals surface area contributed by atoms with Crippen LogP contribution in [0.2, 0.25) is 0 Å². The molecule has 1 aliphatic heterocycles. The molecule has 1 N–H and O–H groups in total. The normalized spacial score (nSPS) is 15.0. The summed E-state index contributed by atoms with van der Waals surface area (Å²) in [5, 5.41) is 14.4. The molecule has 0 atom stereocenters. The van der Waals surface area contributed by atoms with Crippen molar-refractivity contribution >= 4 is 38.5 Å². The second-order valence-electron chi connectivity index (χ2n) is 6.95. The standard InChI is InChI=1S/C19H21N5O4S/c1-13-2-3-14-16(12-13)29-19(21-14)23-10-8-22(9-11-23)7-6-20-18(25)15-4-5-17(28-15)24(26)27/h2-5,12H,6-11H2,1H3,(H,20,25). The molecule has 29 heavy (non-hydrogen) atoms. The van der Waals surface area contributed by atoms with Gasteiger partial charge in [0.2, 0.25) is 0 Å². The lowest BCUT2D eigenvalue weighted by Crippen LogP contribution is -2.48. The van der Waals surface area contributed by atoms with Crippen molar-refractivity contribution in [2.45, 2.75) is 6.92 Å². The Kier molecular flexibility index (Phi) is 5.45. The second-order valence-corrected chi connectivity index (χ2v) is 7.96. The van der Waals surface area contributed by atoms with Gasteiger partial charge in [0.15, 0.2) is 10.9 Å².